The Morgan fingerprint density at radius 1 is 1.28 bits per heavy atom. The molecule has 1 unspecified atom stereocenters. The molecule has 0 bridgehead atoms. The highest BCUT2D eigenvalue weighted by Crippen LogP contribution is 2.20. The zero-order valence-electron chi connectivity index (χ0n) is 14.7. The van der Waals surface area contributed by atoms with E-state index in [-0.39, 0.29) is 5.75 Å². The second kappa shape index (κ2) is 7.69. The molecule has 1 N–H and O–H groups in total. The zero-order valence-corrected chi connectivity index (χ0v) is 15.5. The fourth-order valence-corrected chi connectivity index (χ4v) is 3.69. The SMILES string of the molecule is CCOc1ccc(NC(=O)C(C)S(=O)(=O)Cc2c(C)noc2C)cc1. The van der Waals surface area contributed by atoms with Crippen LogP contribution in [0.4, 0.5) is 5.69 Å². The number of anilines is 1. The van der Waals surface area contributed by atoms with E-state index >= 15 is 0 Å². The molecule has 0 fully saturated rings. The third-order valence-electron chi connectivity index (χ3n) is 3.87. The highest BCUT2D eigenvalue weighted by Gasteiger charge is 2.30. The lowest BCUT2D eigenvalue weighted by Gasteiger charge is -2.13. The summed E-state index contributed by atoms with van der Waals surface area (Å²) in [7, 11) is -3.70. The molecule has 8 heteroatoms. The zero-order chi connectivity index (χ0) is 18.6. The molecule has 7 nitrogen and oxygen atoms in total. The Balaban J connectivity index is 2.07. The predicted molar refractivity (Wildman–Crippen MR) is 94.3 cm³/mol. The van der Waals surface area contributed by atoms with Gasteiger partial charge in [0.25, 0.3) is 0 Å². The fraction of sp³-hybridized carbons (Fsp3) is 0.412. The van der Waals surface area contributed by atoms with Gasteiger partial charge in [0.2, 0.25) is 5.91 Å². The number of sulfone groups is 1. The van der Waals surface area contributed by atoms with Gasteiger partial charge in [-0.1, -0.05) is 5.16 Å². The van der Waals surface area contributed by atoms with Crippen LogP contribution in [0.1, 0.15) is 30.9 Å². The predicted octanol–water partition coefficient (Wildman–Crippen LogP) is 2.63. The van der Waals surface area contributed by atoms with Gasteiger partial charge < -0.3 is 14.6 Å². The van der Waals surface area contributed by atoms with Gasteiger partial charge in [0.05, 0.1) is 18.1 Å². The summed E-state index contributed by atoms with van der Waals surface area (Å²) in [4.78, 5) is 12.3. The quantitative estimate of drug-likeness (QED) is 0.809. The minimum Gasteiger partial charge on any atom is -0.494 e. The highest BCUT2D eigenvalue weighted by molar-refractivity contribution is 7.92. The smallest absolute Gasteiger partial charge is 0.242 e. The Labute approximate surface area is 147 Å². The lowest BCUT2D eigenvalue weighted by Crippen LogP contribution is -2.33. The van der Waals surface area contributed by atoms with Gasteiger partial charge in [0, 0.05) is 11.3 Å². The van der Waals surface area contributed by atoms with E-state index in [9.17, 15) is 13.2 Å². The van der Waals surface area contributed by atoms with Crippen LogP contribution >= 0.6 is 0 Å². The van der Waals surface area contributed by atoms with Gasteiger partial charge in [-0.15, -0.1) is 0 Å². The molecule has 0 aliphatic rings. The van der Waals surface area contributed by atoms with Gasteiger partial charge in [-0.05, 0) is 52.0 Å². The number of hydrogen-bond acceptors (Lipinski definition) is 6. The van der Waals surface area contributed by atoms with Crippen molar-refractivity contribution in [2.45, 2.75) is 38.7 Å². The molecule has 0 radical (unpaired) electrons. The number of hydrogen-bond donors (Lipinski definition) is 1. The van der Waals surface area contributed by atoms with Crippen molar-refractivity contribution in [3.63, 3.8) is 0 Å². The highest BCUT2D eigenvalue weighted by atomic mass is 32.2. The van der Waals surface area contributed by atoms with Crippen LogP contribution in [0.2, 0.25) is 0 Å². The monoisotopic (exact) mass is 366 g/mol. The number of amides is 1. The summed E-state index contributed by atoms with van der Waals surface area (Å²) in [5, 5.41) is 5.16. The number of carbonyl (C=O) groups excluding carboxylic acids is 1. The minimum atomic E-state index is -3.70. The van der Waals surface area contributed by atoms with Crippen LogP contribution in [-0.4, -0.2) is 31.3 Å². The molecule has 1 heterocycles. The van der Waals surface area contributed by atoms with Gasteiger partial charge >= 0.3 is 0 Å². The van der Waals surface area contributed by atoms with E-state index in [1.54, 1.807) is 38.1 Å². The van der Waals surface area contributed by atoms with Gasteiger partial charge in [0.1, 0.15) is 16.8 Å². The van der Waals surface area contributed by atoms with Crippen molar-refractivity contribution >= 4 is 21.4 Å². The van der Waals surface area contributed by atoms with E-state index in [0.717, 1.165) is 0 Å². The summed E-state index contributed by atoms with van der Waals surface area (Å²) in [5.41, 5.74) is 1.52. The van der Waals surface area contributed by atoms with Crippen molar-refractivity contribution in [2.75, 3.05) is 11.9 Å². The van der Waals surface area contributed by atoms with Crippen molar-refractivity contribution in [1.82, 2.24) is 5.16 Å². The summed E-state index contributed by atoms with van der Waals surface area (Å²) in [6.45, 7) is 7.11. The van der Waals surface area contributed by atoms with Crippen LogP contribution in [-0.2, 0) is 20.4 Å². The third kappa shape index (κ3) is 4.60. The van der Waals surface area contributed by atoms with E-state index in [0.29, 0.717) is 35.1 Å². The van der Waals surface area contributed by atoms with Crippen LogP contribution in [0.5, 0.6) is 5.75 Å². The van der Waals surface area contributed by atoms with Gasteiger partial charge in [0.15, 0.2) is 9.84 Å². The lowest BCUT2D eigenvalue weighted by molar-refractivity contribution is -0.115. The molecule has 0 saturated carbocycles. The number of ether oxygens (including phenoxy) is 1. The van der Waals surface area contributed by atoms with E-state index in [1.807, 2.05) is 6.92 Å². The number of rotatable bonds is 7. The number of aryl methyl sites for hydroxylation is 2. The van der Waals surface area contributed by atoms with Crippen molar-refractivity contribution in [1.29, 1.82) is 0 Å². The Morgan fingerprint density at radius 3 is 2.44 bits per heavy atom. The summed E-state index contributed by atoms with van der Waals surface area (Å²) in [5.74, 6) is 0.252. The molecule has 1 aromatic heterocycles. The standard InChI is InChI=1S/C17H22N2O5S/c1-5-23-15-8-6-14(7-9-15)18-17(20)13(4)25(21,22)10-16-11(2)19-24-12(16)3/h6-9,13H,5,10H2,1-4H3,(H,18,20). The maximum absolute atomic E-state index is 12.5. The van der Waals surface area contributed by atoms with Crippen LogP contribution in [0.15, 0.2) is 28.8 Å². The van der Waals surface area contributed by atoms with E-state index < -0.39 is 21.0 Å². The molecule has 0 saturated heterocycles. The van der Waals surface area contributed by atoms with Crippen molar-refractivity contribution in [3.8, 4) is 5.75 Å². The largest absolute Gasteiger partial charge is 0.494 e. The van der Waals surface area contributed by atoms with Crippen molar-refractivity contribution < 1.29 is 22.5 Å². The molecule has 0 spiro atoms. The van der Waals surface area contributed by atoms with Gasteiger partial charge in [-0.3, -0.25) is 4.79 Å². The Kier molecular flexibility index (Phi) is 5.84. The molecular formula is C17H22N2O5S. The lowest BCUT2D eigenvalue weighted by atomic mass is 10.2. The molecule has 25 heavy (non-hydrogen) atoms. The second-order valence-corrected chi connectivity index (χ2v) is 8.02. The summed E-state index contributed by atoms with van der Waals surface area (Å²) in [6.07, 6.45) is 0. The second-order valence-electron chi connectivity index (χ2n) is 5.70. The molecule has 0 aliphatic carbocycles. The van der Waals surface area contributed by atoms with Crippen LogP contribution in [0.25, 0.3) is 0 Å². The average Bonchev–Trinajstić information content (AvgIpc) is 2.87. The molecular weight excluding hydrogens is 344 g/mol. The summed E-state index contributed by atoms with van der Waals surface area (Å²) >= 11 is 0. The molecule has 0 aliphatic heterocycles. The molecule has 1 atom stereocenters. The number of aromatic nitrogens is 1. The van der Waals surface area contributed by atoms with Crippen molar-refractivity contribution in [3.05, 3.63) is 41.3 Å². The van der Waals surface area contributed by atoms with Crippen LogP contribution in [0, 0.1) is 13.8 Å². The maximum Gasteiger partial charge on any atom is 0.242 e. The Bertz CT molecular complexity index is 821. The average molecular weight is 366 g/mol. The van der Waals surface area contributed by atoms with Crippen molar-refractivity contribution in [2.24, 2.45) is 0 Å². The third-order valence-corrected chi connectivity index (χ3v) is 5.85. The first-order chi connectivity index (χ1) is 11.7. The summed E-state index contributed by atoms with van der Waals surface area (Å²) < 4.78 is 35.4. The van der Waals surface area contributed by atoms with Gasteiger partial charge in [-0.2, -0.15) is 0 Å². The minimum absolute atomic E-state index is 0.286. The van der Waals surface area contributed by atoms with Crippen LogP contribution in [0.3, 0.4) is 0 Å². The molecule has 2 aromatic rings. The number of carbonyl (C=O) groups is 1. The van der Waals surface area contributed by atoms with Gasteiger partial charge in [-0.25, -0.2) is 8.42 Å². The van der Waals surface area contributed by atoms with E-state index in [4.69, 9.17) is 9.26 Å². The topological polar surface area (TPSA) is 98.5 Å². The van der Waals surface area contributed by atoms with E-state index in [2.05, 4.69) is 10.5 Å². The van der Waals surface area contributed by atoms with E-state index in [1.165, 1.54) is 6.92 Å². The molecule has 1 aromatic carbocycles. The van der Waals surface area contributed by atoms with Crippen LogP contribution < -0.4 is 10.1 Å². The first-order valence-corrected chi connectivity index (χ1v) is 9.63. The number of benzene rings is 1. The molecule has 1 amide bonds. The number of nitrogens with zero attached hydrogens (tertiary/aromatic N) is 1. The maximum atomic E-state index is 12.5. The summed E-state index contributed by atoms with van der Waals surface area (Å²) in [6, 6.07) is 6.75. The number of nitrogens with one attached hydrogen (secondary N) is 1. The molecule has 2 rings (SSSR count). The molecule has 136 valence electrons. The first-order valence-electron chi connectivity index (χ1n) is 7.91. The Hall–Kier alpha value is -2.35. The Morgan fingerprint density at radius 2 is 1.92 bits per heavy atom. The first kappa shape index (κ1) is 19.0. The normalized spacial score (nSPS) is 12.6. The fourth-order valence-electron chi connectivity index (χ4n) is 2.24.